The zero-order valence-electron chi connectivity index (χ0n) is 15.4. The molecule has 0 aliphatic rings. The van der Waals surface area contributed by atoms with Gasteiger partial charge in [0.25, 0.3) is 0 Å². The molecular weight excluding hydrogens is 385 g/mol. The molecule has 0 unspecified atom stereocenters. The number of benzene rings is 2. The first kappa shape index (κ1) is 19.3. The molecule has 140 valence electrons. The van der Waals surface area contributed by atoms with Gasteiger partial charge in [0.05, 0.1) is 22.8 Å². The molecule has 0 spiro atoms. The molecule has 0 bridgehead atoms. The first-order valence-electron chi connectivity index (χ1n) is 8.33. The lowest BCUT2D eigenvalue weighted by molar-refractivity contribution is -0.111. The highest BCUT2D eigenvalue weighted by Crippen LogP contribution is 2.35. The predicted octanol–water partition coefficient (Wildman–Crippen LogP) is 6.41. The predicted molar refractivity (Wildman–Crippen MR) is 111 cm³/mol. The number of furan rings is 1. The number of anilines is 1. The summed E-state index contributed by atoms with van der Waals surface area (Å²) in [5.74, 6) is 1.19. The zero-order chi connectivity index (χ0) is 19.7. The summed E-state index contributed by atoms with van der Waals surface area (Å²) in [4.78, 5) is 12.4. The summed E-state index contributed by atoms with van der Waals surface area (Å²) >= 11 is 12.1. The van der Waals surface area contributed by atoms with E-state index >= 15 is 0 Å². The van der Waals surface area contributed by atoms with E-state index in [4.69, 9.17) is 32.4 Å². The first-order chi connectivity index (χ1) is 12.8. The minimum atomic E-state index is -0.307. The third-order valence-corrected chi connectivity index (χ3v) is 5.30. The van der Waals surface area contributed by atoms with E-state index in [-0.39, 0.29) is 5.91 Å². The van der Waals surface area contributed by atoms with E-state index in [1.54, 1.807) is 25.3 Å². The summed E-state index contributed by atoms with van der Waals surface area (Å²) in [6.45, 7) is 5.78. The molecule has 1 heterocycles. The van der Waals surface area contributed by atoms with Crippen molar-refractivity contribution in [2.24, 2.45) is 0 Å². The van der Waals surface area contributed by atoms with Crippen LogP contribution >= 0.6 is 23.2 Å². The van der Waals surface area contributed by atoms with Crippen molar-refractivity contribution < 1.29 is 13.9 Å². The van der Waals surface area contributed by atoms with Crippen LogP contribution in [0.25, 0.3) is 16.5 Å². The van der Waals surface area contributed by atoms with Gasteiger partial charge in [-0.15, -0.1) is 0 Å². The Balaban J connectivity index is 1.96. The molecule has 1 N–H and O–H groups in total. The third-order valence-electron chi connectivity index (χ3n) is 4.48. The molecule has 0 radical (unpaired) electrons. The lowest BCUT2D eigenvalue weighted by atomic mass is 10.0. The van der Waals surface area contributed by atoms with Gasteiger partial charge in [-0.1, -0.05) is 29.3 Å². The summed E-state index contributed by atoms with van der Waals surface area (Å²) in [7, 11) is 1.59. The topological polar surface area (TPSA) is 51.5 Å². The molecule has 6 heteroatoms. The van der Waals surface area contributed by atoms with Crippen LogP contribution in [0.15, 0.2) is 40.8 Å². The zero-order valence-corrected chi connectivity index (χ0v) is 17.0. The first-order valence-corrected chi connectivity index (χ1v) is 9.08. The minimum Gasteiger partial charge on any atom is -0.496 e. The summed E-state index contributed by atoms with van der Waals surface area (Å²) in [5.41, 5.74) is 3.86. The van der Waals surface area contributed by atoms with Gasteiger partial charge in [-0.3, -0.25) is 4.79 Å². The highest BCUT2D eigenvalue weighted by molar-refractivity contribution is 6.44. The Kier molecular flexibility index (Phi) is 5.49. The number of fused-ring (bicyclic) bond motifs is 1. The van der Waals surface area contributed by atoms with E-state index in [0.29, 0.717) is 21.5 Å². The molecule has 0 aliphatic carbocycles. The fourth-order valence-corrected chi connectivity index (χ4v) is 3.24. The van der Waals surface area contributed by atoms with Crippen molar-refractivity contribution in [3.8, 4) is 5.75 Å². The van der Waals surface area contributed by atoms with Crippen molar-refractivity contribution in [1.82, 2.24) is 0 Å². The molecule has 0 aliphatic heterocycles. The average Bonchev–Trinajstić information content (AvgIpc) is 2.91. The second kappa shape index (κ2) is 7.67. The van der Waals surface area contributed by atoms with Crippen LogP contribution in [0.2, 0.25) is 10.0 Å². The van der Waals surface area contributed by atoms with Crippen LogP contribution in [0, 0.1) is 13.8 Å². The number of ether oxygens (including phenoxy) is 1. The average molecular weight is 404 g/mol. The summed E-state index contributed by atoms with van der Waals surface area (Å²) < 4.78 is 11.2. The quantitative estimate of drug-likeness (QED) is 0.512. The van der Waals surface area contributed by atoms with E-state index in [1.165, 1.54) is 6.08 Å². The Labute approximate surface area is 167 Å². The van der Waals surface area contributed by atoms with Gasteiger partial charge in [0.15, 0.2) is 0 Å². The van der Waals surface area contributed by atoms with Gasteiger partial charge in [0.1, 0.15) is 17.1 Å². The number of allylic oxidation sites excluding steroid dienone is 1. The van der Waals surface area contributed by atoms with E-state index in [1.807, 2.05) is 32.9 Å². The number of carbonyl (C=O) groups excluding carboxylic acids is 1. The van der Waals surface area contributed by atoms with Crippen LogP contribution in [-0.2, 0) is 4.79 Å². The van der Waals surface area contributed by atoms with Crippen molar-refractivity contribution in [2.75, 3.05) is 12.4 Å². The number of hydrogen-bond acceptors (Lipinski definition) is 3. The van der Waals surface area contributed by atoms with Crippen LogP contribution in [0.3, 0.4) is 0 Å². The largest absolute Gasteiger partial charge is 0.496 e. The molecule has 3 aromatic rings. The lowest BCUT2D eigenvalue weighted by Crippen LogP contribution is -2.09. The van der Waals surface area contributed by atoms with Crippen LogP contribution in [0.4, 0.5) is 5.69 Å². The molecule has 3 rings (SSSR count). The molecule has 0 saturated heterocycles. The minimum absolute atomic E-state index is 0.307. The normalized spacial score (nSPS) is 11.7. The van der Waals surface area contributed by atoms with Crippen molar-refractivity contribution in [3.05, 3.63) is 63.3 Å². The third kappa shape index (κ3) is 3.82. The number of carbonyl (C=O) groups is 1. The molecular formula is C21H19Cl2NO3. The maximum Gasteiger partial charge on any atom is 0.248 e. The van der Waals surface area contributed by atoms with Crippen LogP contribution in [0.5, 0.6) is 5.75 Å². The maximum absolute atomic E-state index is 12.4. The van der Waals surface area contributed by atoms with Gasteiger partial charge >= 0.3 is 0 Å². The molecule has 0 atom stereocenters. The van der Waals surface area contributed by atoms with E-state index in [0.717, 1.165) is 33.4 Å². The number of amides is 1. The molecule has 0 fully saturated rings. The maximum atomic E-state index is 12.4. The van der Waals surface area contributed by atoms with E-state index in [9.17, 15) is 4.79 Å². The molecule has 1 aromatic heterocycles. The smallest absolute Gasteiger partial charge is 0.248 e. The molecule has 4 nitrogen and oxygen atoms in total. The number of halogens is 2. The Morgan fingerprint density at radius 1 is 1.22 bits per heavy atom. The van der Waals surface area contributed by atoms with Crippen LogP contribution in [0.1, 0.15) is 23.8 Å². The number of aryl methyl sites for hydroxylation is 2. The Morgan fingerprint density at radius 3 is 2.67 bits per heavy atom. The van der Waals surface area contributed by atoms with Gasteiger partial charge in [-0.05, 0) is 50.1 Å². The molecule has 27 heavy (non-hydrogen) atoms. The molecule has 0 saturated carbocycles. The second-order valence-electron chi connectivity index (χ2n) is 6.25. The van der Waals surface area contributed by atoms with Gasteiger partial charge in [-0.25, -0.2) is 0 Å². The molecule has 1 amide bonds. The fourth-order valence-electron chi connectivity index (χ4n) is 2.89. The van der Waals surface area contributed by atoms with Crippen molar-refractivity contribution in [3.63, 3.8) is 0 Å². The standard InChI is InChI=1S/C21H19Cl2NO3/c1-11(8-20(25)24-17-7-5-6-16(22)21(17)23)14-9-15-12(2)13(3)27-19(15)10-18(14)26-4/h5-10H,1-4H3,(H,24,25)/b11-8+. The number of nitrogens with one attached hydrogen (secondary N) is 1. The van der Waals surface area contributed by atoms with Gasteiger partial charge in [-0.2, -0.15) is 0 Å². The van der Waals surface area contributed by atoms with E-state index < -0.39 is 0 Å². The number of methoxy groups -OCH3 is 1. The monoisotopic (exact) mass is 403 g/mol. The number of hydrogen-bond donors (Lipinski definition) is 1. The number of rotatable bonds is 4. The van der Waals surface area contributed by atoms with Crippen molar-refractivity contribution in [1.29, 1.82) is 0 Å². The molecule has 2 aromatic carbocycles. The van der Waals surface area contributed by atoms with Crippen molar-refractivity contribution >= 4 is 51.3 Å². The lowest BCUT2D eigenvalue weighted by Gasteiger charge is -2.10. The van der Waals surface area contributed by atoms with E-state index in [2.05, 4.69) is 5.32 Å². The summed E-state index contributed by atoms with van der Waals surface area (Å²) in [5, 5.41) is 4.44. The van der Waals surface area contributed by atoms with Gasteiger partial charge < -0.3 is 14.5 Å². The van der Waals surface area contributed by atoms with Gasteiger partial charge in [0, 0.05) is 23.1 Å². The van der Waals surface area contributed by atoms with Crippen LogP contribution < -0.4 is 10.1 Å². The second-order valence-corrected chi connectivity index (χ2v) is 7.04. The highest BCUT2D eigenvalue weighted by Gasteiger charge is 2.14. The summed E-state index contributed by atoms with van der Waals surface area (Å²) in [6.07, 6.45) is 1.50. The Morgan fingerprint density at radius 2 is 1.96 bits per heavy atom. The Hall–Kier alpha value is -2.43. The SMILES string of the molecule is COc1cc2oc(C)c(C)c2cc1/C(C)=C/C(=O)Nc1cccc(Cl)c1Cl. The van der Waals surface area contributed by atoms with Crippen LogP contribution in [-0.4, -0.2) is 13.0 Å². The Bertz CT molecular complexity index is 1070. The van der Waals surface area contributed by atoms with Gasteiger partial charge in [0.2, 0.25) is 5.91 Å². The summed E-state index contributed by atoms with van der Waals surface area (Å²) in [6, 6.07) is 8.90. The highest BCUT2D eigenvalue weighted by atomic mass is 35.5. The van der Waals surface area contributed by atoms with Crippen molar-refractivity contribution in [2.45, 2.75) is 20.8 Å². The fraction of sp³-hybridized carbons (Fsp3) is 0.190.